The highest BCUT2D eigenvalue weighted by atomic mass is 32.2. The van der Waals surface area contributed by atoms with Crippen LogP contribution in [0, 0.1) is 12.7 Å². The zero-order valence-electron chi connectivity index (χ0n) is 12.6. The number of hydrogen-bond donors (Lipinski definition) is 1. The summed E-state index contributed by atoms with van der Waals surface area (Å²) < 4.78 is 38.2. The van der Waals surface area contributed by atoms with Crippen LogP contribution in [0.25, 0.3) is 16.9 Å². The van der Waals surface area contributed by atoms with Crippen molar-refractivity contribution < 1.29 is 12.8 Å². The lowest BCUT2D eigenvalue weighted by Gasteiger charge is -2.09. The Bertz CT molecular complexity index is 1070. The molecule has 2 aromatic carbocycles. The van der Waals surface area contributed by atoms with Gasteiger partial charge in [0, 0.05) is 10.9 Å². The van der Waals surface area contributed by atoms with Gasteiger partial charge in [0.15, 0.2) is 0 Å². The summed E-state index contributed by atoms with van der Waals surface area (Å²) in [5.74, 6) is -0.955. The summed E-state index contributed by atoms with van der Waals surface area (Å²) in [6.45, 7) is 1.93. The fourth-order valence-electron chi connectivity index (χ4n) is 2.34. The minimum atomic E-state index is -4.14. The van der Waals surface area contributed by atoms with E-state index in [1.54, 1.807) is 17.5 Å². The van der Waals surface area contributed by atoms with Gasteiger partial charge in [0.1, 0.15) is 10.7 Å². The molecule has 124 valence electrons. The van der Waals surface area contributed by atoms with Crippen molar-refractivity contribution in [3.8, 4) is 16.9 Å². The predicted octanol–water partition coefficient (Wildman–Crippen LogP) is 2.66. The number of primary sulfonamides is 1. The van der Waals surface area contributed by atoms with E-state index in [1.807, 2.05) is 19.1 Å². The van der Waals surface area contributed by atoms with E-state index in [2.05, 4.69) is 0 Å². The lowest BCUT2D eigenvalue weighted by atomic mass is 10.1. The average Bonchev–Trinajstić information content (AvgIpc) is 2.88. The van der Waals surface area contributed by atoms with E-state index in [0.29, 0.717) is 16.9 Å². The van der Waals surface area contributed by atoms with Gasteiger partial charge >= 0.3 is 4.87 Å². The van der Waals surface area contributed by atoms with Crippen molar-refractivity contribution in [3.63, 3.8) is 0 Å². The smallest absolute Gasteiger partial charge is 0.267 e. The van der Waals surface area contributed by atoms with Crippen LogP contribution in [0.4, 0.5) is 4.39 Å². The van der Waals surface area contributed by atoms with E-state index in [9.17, 15) is 17.6 Å². The largest absolute Gasteiger partial charge is 0.312 e. The lowest BCUT2D eigenvalue weighted by Crippen LogP contribution is -2.14. The molecule has 24 heavy (non-hydrogen) atoms. The monoisotopic (exact) mass is 364 g/mol. The molecular formula is C16H13FN2O3S2. The molecule has 8 heteroatoms. The van der Waals surface area contributed by atoms with Crippen molar-refractivity contribution in [3.05, 3.63) is 68.9 Å². The Labute approximate surface area is 141 Å². The van der Waals surface area contributed by atoms with Crippen LogP contribution < -0.4 is 10.0 Å². The molecule has 0 atom stereocenters. The summed E-state index contributed by atoms with van der Waals surface area (Å²) in [6.07, 6.45) is 0. The second kappa shape index (κ2) is 5.97. The Kier molecular flexibility index (Phi) is 4.12. The number of nitrogens with two attached hydrogens (primary N) is 1. The molecule has 1 heterocycles. The van der Waals surface area contributed by atoms with Gasteiger partial charge in [-0.05, 0) is 31.2 Å². The normalized spacial score (nSPS) is 11.6. The van der Waals surface area contributed by atoms with Crippen molar-refractivity contribution in [2.75, 3.05) is 0 Å². The molecule has 0 aliphatic carbocycles. The first-order valence-corrected chi connectivity index (χ1v) is 9.30. The SMILES string of the molecule is Cc1ccc(-n2c(-c3ccc(S(N)(=O)=O)c(F)c3)csc2=O)cc1. The van der Waals surface area contributed by atoms with Crippen molar-refractivity contribution in [1.29, 1.82) is 0 Å². The standard InChI is InChI=1S/C16H13FN2O3S2/c1-10-2-5-12(6-3-10)19-14(9-23-16(19)20)11-4-7-15(13(17)8-11)24(18,21)22/h2-9H,1H3,(H2,18,21,22). The number of hydrogen-bond acceptors (Lipinski definition) is 4. The van der Waals surface area contributed by atoms with Gasteiger partial charge in [0.2, 0.25) is 10.0 Å². The van der Waals surface area contributed by atoms with E-state index >= 15 is 0 Å². The Morgan fingerprint density at radius 1 is 1.12 bits per heavy atom. The molecule has 0 aliphatic heterocycles. The van der Waals surface area contributed by atoms with E-state index in [1.165, 1.54) is 10.6 Å². The third kappa shape index (κ3) is 3.03. The highest BCUT2D eigenvalue weighted by molar-refractivity contribution is 7.89. The maximum absolute atomic E-state index is 14.1. The number of halogens is 1. The van der Waals surface area contributed by atoms with Crippen LogP contribution in [0.5, 0.6) is 0 Å². The van der Waals surface area contributed by atoms with Crippen LogP contribution in [-0.2, 0) is 10.0 Å². The van der Waals surface area contributed by atoms with Gasteiger partial charge in [-0.2, -0.15) is 0 Å². The highest BCUT2D eigenvalue weighted by Gasteiger charge is 2.17. The first-order chi connectivity index (χ1) is 11.3. The number of aromatic nitrogens is 1. The van der Waals surface area contributed by atoms with Gasteiger partial charge < -0.3 is 0 Å². The first-order valence-electron chi connectivity index (χ1n) is 6.87. The number of aryl methyl sites for hydroxylation is 1. The Balaban J connectivity index is 2.17. The molecule has 3 aromatic rings. The number of rotatable bonds is 3. The van der Waals surface area contributed by atoms with Crippen molar-refractivity contribution in [1.82, 2.24) is 4.57 Å². The second-order valence-corrected chi connectivity index (χ2v) is 7.60. The second-order valence-electron chi connectivity index (χ2n) is 5.25. The van der Waals surface area contributed by atoms with E-state index in [0.717, 1.165) is 29.0 Å². The molecule has 0 aliphatic rings. The van der Waals surface area contributed by atoms with Crippen molar-refractivity contribution in [2.24, 2.45) is 5.14 Å². The number of thiazole rings is 1. The molecule has 0 amide bonds. The fraction of sp³-hybridized carbons (Fsp3) is 0.0625. The molecule has 1 aromatic heterocycles. The minimum Gasteiger partial charge on any atom is -0.267 e. The number of sulfonamides is 1. The van der Waals surface area contributed by atoms with Crippen LogP contribution in [0.15, 0.2) is 57.5 Å². The molecule has 3 rings (SSSR count). The van der Waals surface area contributed by atoms with Gasteiger partial charge in [0.05, 0.1) is 11.4 Å². The zero-order chi connectivity index (χ0) is 17.5. The third-order valence-corrected chi connectivity index (χ3v) is 5.19. The zero-order valence-corrected chi connectivity index (χ0v) is 14.2. The van der Waals surface area contributed by atoms with Gasteiger partial charge in [-0.15, -0.1) is 0 Å². The van der Waals surface area contributed by atoms with Crippen LogP contribution in [-0.4, -0.2) is 13.0 Å². The molecule has 0 spiro atoms. The molecule has 0 bridgehead atoms. The maximum atomic E-state index is 14.1. The Hall–Kier alpha value is -2.29. The number of benzene rings is 2. The predicted molar refractivity (Wildman–Crippen MR) is 91.4 cm³/mol. The molecule has 0 saturated carbocycles. The summed E-state index contributed by atoms with van der Waals surface area (Å²) in [4.78, 5) is 11.4. The van der Waals surface area contributed by atoms with Crippen LogP contribution in [0.2, 0.25) is 0 Å². The minimum absolute atomic E-state index is 0.218. The van der Waals surface area contributed by atoms with Gasteiger partial charge in [-0.25, -0.2) is 17.9 Å². The van der Waals surface area contributed by atoms with Gasteiger partial charge in [-0.1, -0.05) is 35.1 Å². The molecule has 0 saturated heterocycles. The van der Waals surface area contributed by atoms with Crippen molar-refractivity contribution >= 4 is 21.4 Å². The summed E-state index contributed by atoms with van der Waals surface area (Å²) in [5, 5.41) is 6.57. The summed E-state index contributed by atoms with van der Waals surface area (Å²) in [5.41, 5.74) is 2.57. The number of nitrogens with zero attached hydrogens (tertiary/aromatic N) is 1. The molecule has 0 fully saturated rings. The van der Waals surface area contributed by atoms with Crippen LogP contribution >= 0.6 is 11.3 Å². The highest BCUT2D eigenvalue weighted by Crippen LogP contribution is 2.26. The Morgan fingerprint density at radius 3 is 2.38 bits per heavy atom. The molecule has 0 unspecified atom stereocenters. The quantitative estimate of drug-likeness (QED) is 0.776. The first kappa shape index (κ1) is 16.6. The topological polar surface area (TPSA) is 82.2 Å². The van der Waals surface area contributed by atoms with Crippen molar-refractivity contribution in [2.45, 2.75) is 11.8 Å². The molecule has 2 N–H and O–H groups in total. The van der Waals surface area contributed by atoms with Gasteiger partial charge in [-0.3, -0.25) is 9.36 Å². The Morgan fingerprint density at radius 2 is 1.79 bits per heavy atom. The van der Waals surface area contributed by atoms with Gasteiger partial charge in [0.25, 0.3) is 0 Å². The molecule has 5 nitrogen and oxygen atoms in total. The molecular weight excluding hydrogens is 351 g/mol. The van der Waals surface area contributed by atoms with Crippen LogP contribution in [0.3, 0.4) is 0 Å². The fourth-order valence-corrected chi connectivity index (χ4v) is 3.69. The van der Waals surface area contributed by atoms with E-state index < -0.39 is 20.7 Å². The lowest BCUT2D eigenvalue weighted by molar-refractivity contribution is 0.568. The van der Waals surface area contributed by atoms with E-state index in [-0.39, 0.29) is 4.87 Å². The summed E-state index contributed by atoms with van der Waals surface area (Å²) in [7, 11) is -4.14. The van der Waals surface area contributed by atoms with E-state index in [4.69, 9.17) is 5.14 Å². The third-order valence-electron chi connectivity index (χ3n) is 3.52. The summed E-state index contributed by atoms with van der Waals surface area (Å²) in [6, 6.07) is 10.9. The van der Waals surface area contributed by atoms with Crippen LogP contribution in [0.1, 0.15) is 5.56 Å². The summed E-state index contributed by atoms with van der Waals surface area (Å²) >= 11 is 0.983. The maximum Gasteiger partial charge on any atom is 0.312 e. The molecule has 0 radical (unpaired) electrons. The average molecular weight is 364 g/mol.